The Morgan fingerprint density at radius 2 is 1.89 bits per heavy atom. The molecule has 1 aliphatic carbocycles. The molecule has 0 radical (unpaired) electrons. The van der Waals surface area contributed by atoms with Crippen molar-refractivity contribution in [3.63, 3.8) is 0 Å². The standard InChI is InChI=1S/C22H28ClN3O/c1-15-7-4-5-8-18(15)24-22(27)20-19-9-3-2-6-14-26(19)21(25-20)16-10-12-17(23)13-11-16/h10-13,15,18H,2-9,14H2,1H3,(H,24,27)/t15-,18-/m1/s1. The molecule has 2 aliphatic rings. The van der Waals surface area contributed by atoms with Crippen molar-refractivity contribution in [2.24, 2.45) is 5.92 Å². The molecule has 27 heavy (non-hydrogen) atoms. The van der Waals surface area contributed by atoms with Crippen LogP contribution in [0, 0.1) is 5.92 Å². The molecule has 0 unspecified atom stereocenters. The molecule has 1 amide bonds. The van der Waals surface area contributed by atoms with Gasteiger partial charge in [-0.2, -0.15) is 0 Å². The predicted molar refractivity (Wildman–Crippen MR) is 109 cm³/mol. The van der Waals surface area contributed by atoms with E-state index in [4.69, 9.17) is 16.6 Å². The fourth-order valence-electron chi connectivity index (χ4n) is 4.49. The maximum absolute atomic E-state index is 13.1. The number of hydrogen-bond acceptors (Lipinski definition) is 2. The molecule has 2 heterocycles. The van der Waals surface area contributed by atoms with Gasteiger partial charge < -0.3 is 9.88 Å². The summed E-state index contributed by atoms with van der Waals surface area (Å²) in [5, 5.41) is 4.01. The number of amides is 1. The topological polar surface area (TPSA) is 46.9 Å². The van der Waals surface area contributed by atoms with Crippen LogP contribution in [0.15, 0.2) is 24.3 Å². The second-order valence-electron chi connectivity index (χ2n) is 8.04. The predicted octanol–water partition coefficient (Wildman–Crippen LogP) is 5.24. The third-order valence-electron chi connectivity index (χ3n) is 6.11. The molecule has 2 aromatic rings. The van der Waals surface area contributed by atoms with Gasteiger partial charge >= 0.3 is 0 Å². The number of carbonyl (C=O) groups excluding carboxylic acids is 1. The number of nitrogens with one attached hydrogen (secondary N) is 1. The van der Waals surface area contributed by atoms with E-state index in [-0.39, 0.29) is 11.9 Å². The first-order chi connectivity index (χ1) is 13.1. The van der Waals surface area contributed by atoms with E-state index >= 15 is 0 Å². The first-order valence-electron chi connectivity index (χ1n) is 10.3. The first kappa shape index (κ1) is 18.5. The molecule has 4 rings (SSSR count). The molecule has 1 N–H and O–H groups in total. The van der Waals surface area contributed by atoms with E-state index < -0.39 is 0 Å². The van der Waals surface area contributed by atoms with Gasteiger partial charge in [0, 0.05) is 23.2 Å². The first-order valence-corrected chi connectivity index (χ1v) is 10.7. The van der Waals surface area contributed by atoms with Crippen molar-refractivity contribution in [3.8, 4) is 11.4 Å². The number of fused-ring (bicyclic) bond motifs is 1. The Labute approximate surface area is 166 Å². The number of benzene rings is 1. The Morgan fingerprint density at radius 1 is 1.11 bits per heavy atom. The van der Waals surface area contributed by atoms with Gasteiger partial charge in [-0.15, -0.1) is 0 Å². The van der Waals surface area contributed by atoms with Gasteiger partial charge in [-0.05, 0) is 62.3 Å². The van der Waals surface area contributed by atoms with Crippen LogP contribution in [0.1, 0.15) is 68.1 Å². The van der Waals surface area contributed by atoms with Gasteiger partial charge in [0.15, 0.2) is 0 Å². The number of imidazole rings is 1. The minimum atomic E-state index is -0.000358. The normalized spacial score (nSPS) is 22.7. The number of rotatable bonds is 3. The van der Waals surface area contributed by atoms with E-state index in [0.29, 0.717) is 16.6 Å². The average Bonchev–Trinajstić information content (AvgIpc) is 2.86. The van der Waals surface area contributed by atoms with Crippen LogP contribution < -0.4 is 5.32 Å². The molecule has 4 nitrogen and oxygen atoms in total. The number of nitrogens with zero attached hydrogens (tertiary/aromatic N) is 2. The minimum absolute atomic E-state index is 0.000358. The van der Waals surface area contributed by atoms with Crippen molar-refractivity contribution in [3.05, 3.63) is 40.7 Å². The fourth-order valence-corrected chi connectivity index (χ4v) is 4.61. The Kier molecular flexibility index (Phi) is 5.53. The SMILES string of the molecule is C[C@@H]1CCCC[C@H]1NC(=O)c1nc(-c2ccc(Cl)cc2)n2c1CCCCC2. The summed E-state index contributed by atoms with van der Waals surface area (Å²) in [6, 6.07) is 8.03. The summed E-state index contributed by atoms with van der Waals surface area (Å²) >= 11 is 6.06. The van der Waals surface area contributed by atoms with Crippen molar-refractivity contribution in [2.45, 2.75) is 70.9 Å². The molecule has 0 bridgehead atoms. The third kappa shape index (κ3) is 3.91. The second-order valence-corrected chi connectivity index (χ2v) is 8.48. The van der Waals surface area contributed by atoms with Crippen LogP contribution in [-0.4, -0.2) is 21.5 Å². The molecule has 2 atom stereocenters. The van der Waals surface area contributed by atoms with E-state index in [2.05, 4.69) is 16.8 Å². The van der Waals surface area contributed by atoms with Crippen molar-refractivity contribution < 1.29 is 4.79 Å². The summed E-state index contributed by atoms with van der Waals surface area (Å²) in [6.45, 7) is 3.17. The average molecular weight is 386 g/mol. The van der Waals surface area contributed by atoms with E-state index in [1.165, 1.54) is 25.7 Å². The summed E-state index contributed by atoms with van der Waals surface area (Å²) in [7, 11) is 0. The molecule has 1 saturated carbocycles. The molecular weight excluding hydrogens is 358 g/mol. The highest BCUT2D eigenvalue weighted by Crippen LogP contribution is 2.29. The van der Waals surface area contributed by atoms with Gasteiger partial charge in [0.1, 0.15) is 11.5 Å². The molecule has 5 heteroatoms. The Morgan fingerprint density at radius 3 is 2.67 bits per heavy atom. The number of halogens is 1. The Balaban J connectivity index is 1.67. The summed E-state index contributed by atoms with van der Waals surface area (Å²) in [6.07, 6.45) is 9.11. The molecule has 0 spiro atoms. The highest BCUT2D eigenvalue weighted by molar-refractivity contribution is 6.30. The lowest BCUT2D eigenvalue weighted by molar-refractivity contribution is 0.0904. The van der Waals surface area contributed by atoms with Gasteiger partial charge in [0.25, 0.3) is 5.91 Å². The van der Waals surface area contributed by atoms with Crippen molar-refractivity contribution in [2.75, 3.05) is 0 Å². The third-order valence-corrected chi connectivity index (χ3v) is 6.37. The van der Waals surface area contributed by atoms with Crippen LogP contribution in [0.25, 0.3) is 11.4 Å². The van der Waals surface area contributed by atoms with Crippen molar-refractivity contribution in [1.82, 2.24) is 14.9 Å². The highest BCUT2D eigenvalue weighted by atomic mass is 35.5. The molecule has 0 saturated heterocycles. The molecule has 144 valence electrons. The van der Waals surface area contributed by atoms with Crippen LogP contribution in [0.2, 0.25) is 5.02 Å². The zero-order valence-electron chi connectivity index (χ0n) is 16.0. The van der Waals surface area contributed by atoms with Crippen LogP contribution in [0.4, 0.5) is 0 Å². The zero-order chi connectivity index (χ0) is 18.8. The smallest absolute Gasteiger partial charge is 0.272 e. The largest absolute Gasteiger partial charge is 0.348 e. The Bertz CT molecular complexity index is 812. The van der Waals surface area contributed by atoms with Gasteiger partial charge in [-0.1, -0.05) is 37.8 Å². The number of carbonyl (C=O) groups is 1. The Hall–Kier alpha value is -1.81. The lowest BCUT2D eigenvalue weighted by atomic mass is 9.86. The summed E-state index contributed by atoms with van der Waals surface area (Å²) in [5.41, 5.74) is 2.74. The zero-order valence-corrected chi connectivity index (χ0v) is 16.8. The maximum Gasteiger partial charge on any atom is 0.272 e. The van der Waals surface area contributed by atoms with Gasteiger partial charge in [-0.3, -0.25) is 4.79 Å². The quantitative estimate of drug-likeness (QED) is 0.785. The monoisotopic (exact) mass is 385 g/mol. The fraction of sp³-hybridized carbons (Fsp3) is 0.545. The van der Waals surface area contributed by atoms with E-state index in [1.54, 1.807) is 0 Å². The molecule has 1 fully saturated rings. The highest BCUT2D eigenvalue weighted by Gasteiger charge is 2.28. The van der Waals surface area contributed by atoms with E-state index in [9.17, 15) is 4.79 Å². The molecule has 1 aromatic carbocycles. The summed E-state index contributed by atoms with van der Waals surface area (Å²) < 4.78 is 2.26. The van der Waals surface area contributed by atoms with Gasteiger partial charge in [0.05, 0.1) is 5.69 Å². The van der Waals surface area contributed by atoms with Gasteiger partial charge in [-0.25, -0.2) is 4.98 Å². The number of hydrogen-bond donors (Lipinski definition) is 1. The minimum Gasteiger partial charge on any atom is -0.348 e. The van der Waals surface area contributed by atoms with Crippen LogP contribution in [-0.2, 0) is 13.0 Å². The lowest BCUT2D eigenvalue weighted by Gasteiger charge is -2.29. The van der Waals surface area contributed by atoms with Crippen LogP contribution >= 0.6 is 11.6 Å². The van der Waals surface area contributed by atoms with Gasteiger partial charge in [0.2, 0.25) is 0 Å². The van der Waals surface area contributed by atoms with E-state index in [0.717, 1.165) is 49.3 Å². The van der Waals surface area contributed by atoms with Crippen molar-refractivity contribution >= 4 is 17.5 Å². The molecular formula is C22H28ClN3O. The second kappa shape index (κ2) is 8.05. The lowest BCUT2D eigenvalue weighted by Crippen LogP contribution is -2.41. The summed E-state index contributed by atoms with van der Waals surface area (Å²) in [5.74, 6) is 1.43. The van der Waals surface area contributed by atoms with Crippen molar-refractivity contribution in [1.29, 1.82) is 0 Å². The maximum atomic E-state index is 13.1. The number of aromatic nitrogens is 2. The van der Waals surface area contributed by atoms with E-state index in [1.807, 2.05) is 24.3 Å². The van der Waals surface area contributed by atoms with Crippen LogP contribution in [0.3, 0.4) is 0 Å². The molecule has 1 aromatic heterocycles. The summed E-state index contributed by atoms with van der Waals surface area (Å²) in [4.78, 5) is 18.0. The van der Waals surface area contributed by atoms with Crippen LogP contribution in [0.5, 0.6) is 0 Å². The molecule has 1 aliphatic heterocycles.